The van der Waals surface area contributed by atoms with Crippen LogP contribution in [0.15, 0.2) is 34.3 Å². The number of ether oxygens (including phenoxy) is 1. The first kappa shape index (κ1) is 9.02. The third kappa shape index (κ3) is 1.56. The van der Waals surface area contributed by atoms with Gasteiger partial charge in [-0.25, -0.2) is 0 Å². The highest BCUT2D eigenvalue weighted by Gasteiger charge is 2.14. The summed E-state index contributed by atoms with van der Waals surface area (Å²) in [5, 5.41) is 1.79. The van der Waals surface area contributed by atoms with E-state index in [-0.39, 0.29) is 5.78 Å². The topological polar surface area (TPSA) is 39.4 Å². The van der Waals surface area contributed by atoms with Crippen molar-refractivity contribution in [2.45, 2.75) is 0 Å². The van der Waals surface area contributed by atoms with Crippen LogP contribution in [-0.2, 0) is 0 Å². The average Bonchev–Trinajstić information content (AvgIpc) is 2.88. The molecule has 2 aromatic rings. The molecule has 0 bridgehead atoms. The lowest BCUT2D eigenvalue weighted by molar-refractivity contribution is 0.101. The van der Waals surface area contributed by atoms with Gasteiger partial charge >= 0.3 is 0 Å². The van der Waals surface area contributed by atoms with E-state index in [0.29, 0.717) is 16.4 Å². The molecule has 0 aliphatic carbocycles. The molecule has 0 amide bonds. The van der Waals surface area contributed by atoms with Crippen molar-refractivity contribution < 1.29 is 13.9 Å². The number of furan rings is 1. The van der Waals surface area contributed by atoms with Crippen molar-refractivity contribution in [2.75, 3.05) is 7.11 Å². The largest absolute Gasteiger partial charge is 0.496 e. The number of rotatable bonds is 3. The predicted molar refractivity (Wildman–Crippen MR) is 53.0 cm³/mol. The van der Waals surface area contributed by atoms with Gasteiger partial charge in [0.15, 0.2) is 5.76 Å². The molecule has 0 unspecified atom stereocenters. The molecule has 2 rings (SSSR count). The molecule has 72 valence electrons. The van der Waals surface area contributed by atoms with E-state index in [9.17, 15) is 4.79 Å². The highest BCUT2D eigenvalue weighted by atomic mass is 32.1. The summed E-state index contributed by atoms with van der Waals surface area (Å²) in [4.78, 5) is 12.3. The summed E-state index contributed by atoms with van der Waals surface area (Å²) in [5.74, 6) is 0.947. The molecule has 14 heavy (non-hydrogen) atoms. The summed E-state index contributed by atoms with van der Waals surface area (Å²) < 4.78 is 10.00. The first-order chi connectivity index (χ1) is 6.81. The van der Waals surface area contributed by atoms with Crippen LogP contribution >= 0.6 is 11.3 Å². The molecule has 0 aliphatic rings. The Kier molecular flexibility index (Phi) is 2.37. The maximum atomic E-state index is 11.7. The SMILES string of the molecule is COc1csc(C(=O)c2ccco2)c1. The van der Waals surface area contributed by atoms with E-state index in [2.05, 4.69) is 0 Å². The first-order valence-electron chi connectivity index (χ1n) is 4.02. The van der Waals surface area contributed by atoms with Gasteiger partial charge in [-0.2, -0.15) is 0 Å². The van der Waals surface area contributed by atoms with Crippen LogP contribution in [0.3, 0.4) is 0 Å². The Balaban J connectivity index is 2.28. The molecule has 3 nitrogen and oxygen atoms in total. The molecule has 0 aromatic carbocycles. The molecule has 0 radical (unpaired) electrons. The van der Waals surface area contributed by atoms with Crippen LogP contribution in [0.4, 0.5) is 0 Å². The highest BCUT2D eigenvalue weighted by Crippen LogP contribution is 2.23. The van der Waals surface area contributed by atoms with Crippen LogP contribution in [0.5, 0.6) is 5.75 Å². The van der Waals surface area contributed by atoms with Crippen molar-refractivity contribution in [1.29, 1.82) is 0 Å². The van der Waals surface area contributed by atoms with E-state index in [1.165, 1.54) is 17.6 Å². The van der Waals surface area contributed by atoms with Crippen LogP contribution < -0.4 is 4.74 Å². The Hall–Kier alpha value is -1.55. The second-order valence-electron chi connectivity index (χ2n) is 2.66. The molecule has 0 N–H and O–H groups in total. The Morgan fingerprint density at radius 1 is 1.57 bits per heavy atom. The molecule has 2 heterocycles. The van der Waals surface area contributed by atoms with Crippen LogP contribution in [0.1, 0.15) is 15.4 Å². The minimum Gasteiger partial charge on any atom is -0.496 e. The van der Waals surface area contributed by atoms with Gasteiger partial charge < -0.3 is 9.15 Å². The van der Waals surface area contributed by atoms with Crippen molar-refractivity contribution in [1.82, 2.24) is 0 Å². The fraction of sp³-hybridized carbons (Fsp3) is 0.100. The molecule has 2 aromatic heterocycles. The summed E-state index contributed by atoms with van der Waals surface area (Å²) in [7, 11) is 1.57. The third-order valence-corrected chi connectivity index (χ3v) is 2.69. The Morgan fingerprint density at radius 3 is 3.00 bits per heavy atom. The minimum atomic E-state index is -0.108. The van der Waals surface area contributed by atoms with Gasteiger partial charge in [-0.1, -0.05) is 0 Å². The average molecular weight is 208 g/mol. The molecule has 0 saturated heterocycles. The van der Waals surface area contributed by atoms with E-state index >= 15 is 0 Å². The van der Waals surface area contributed by atoms with E-state index in [1.54, 1.807) is 30.7 Å². The predicted octanol–water partition coefficient (Wildman–Crippen LogP) is 2.58. The van der Waals surface area contributed by atoms with Gasteiger partial charge in [0, 0.05) is 11.4 Å². The standard InChI is InChI=1S/C10H8O3S/c1-12-7-5-9(14-6-7)10(11)8-3-2-4-13-8/h2-6H,1H3. The summed E-state index contributed by atoms with van der Waals surface area (Å²) in [6.07, 6.45) is 1.48. The Bertz CT molecular complexity index is 428. The van der Waals surface area contributed by atoms with Crippen molar-refractivity contribution in [3.63, 3.8) is 0 Å². The van der Waals surface area contributed by atoms with Gasteiger partial charge in [0.05, 0.1) is 18.3 Å². The normalized spacial score (nSPS) is 10.1. The maximum absolute atomic E-state index is 11.7. The summed E-state index contributed by atoms with van der Waals surface area (Å²) in [6.45, 7) is 0. The van der Waals surface area contributed by atoms with Crippen molar-refractivity contribution >= 4 is 17.1 Å². The molecular formula is C10H8O3S. The summed E-state index contributed by atoms with van der Waals surface area (Å²) in [5.41, 5.74) is 0. The van der Waals surface area contributed by atoms with Crippen molar-refractivity contribution in [3.8, 4) is 5.75 Å². The van der Waals surface area contributed by atoms with Crippen LogP contribution in [0, 0.1) is 0 Å². The smallest absolute Gasteiger partial charge is 0.238 e. The van der Waals surface area contributed by atoms with Crippen LogP contribution in [0.25, 0.3) is 0 Å². The number of ketones is 1. The molecular weight excluding hydrogens is 200 g/mol. The lowest BCUT2D eigenvalue weighted by Gasteiger charge is -1.91. The highest BCUT2D eigenvalue weighted by molar-refractivity contribution is 7.12. The van der Waals surface area contributed by atoms with Gasteiger partial charge in [0.1, 0.15) is 5.75 Å². The fourth-order valence-electron chi connectivity index (χ4n) is 1.07. The monoisotopic (exact) mass is 208 g/mol. The van der Waals surface area contributed by atoms with Crippen molar-refractivity contribution in [2.24, 2.45) is 0 Å². The van der Waals surface area contributed by atoms with Crippen molar-refractivity contribution in [3.05, 3.63) is 40.5 Å². The lowest BCUT2D eigenvalue weighted by Crippen LogP contribution is -1.95. The number of thiophene rings is 1. The molecule has 0 atom stereocenters. The van der Waals surface area contributed by atoms with E-state index in [0.717, 1.165) is 0 Å². The molecule has 0 fully saturated rings. The Labute approximate surface area is 84.9 Å². The second-order valence-corrected chi connectivity index (χ2v) is 3.57. The van der Waals surface area contributed by atoms with Gasteiger partial charge in [0.2, 0.25) is 5.78 Å². The van der Waals surface area contributed by atoms with Gasteiger partial charge in [-0.05, 0) is 12.1 Å². The van der Waals surface area contributed by atoms with Crippen LogP contribution in [-0.4, -0.2) is 12.9 Å². The quantitative estimate of drug-likeness (QED) is 0.728. The van der Waals surface area contributed by atoms with Gasteiger partial charge in [-0.3, -0.25) is 4.79 Å². The van der Waals surface area contributed by atoms with E-state index < -0.39 is 0 Å². The summed E-state index contributed by atoms with van der Waals surface area (Å²) >= 11 is 1.35. The lowest BCUT2D eigenvalue weighted by atomic mass is 10.2. The molecule has 0 aliphatic heterocycles. The van der Waals surface area contributed by atoms with Crippen LogP contribution in [0.2, 0.25) is 0 Å². The molecule has 0 spiro atoms. The van der Waals surface area contributed by atoms with Gasteiger partial charge in [0.25, 0.3) is 0 Å². The van der Waals surface area contributed by atoms with E-state index in [1.807, 2.05) is 0 Å². The van der Waals surface area contributed by atoms with E-state index in [4.69, 9.17) is 9.15 Å². The second kappa shape index (κ2) is 3.67. The zero-order valence-electron chi connectivity index (χ0n) is 7.52. The number of methoxy groups -OCH3 is 1. The fourth-order valence-corrected chi connectivity index (χ4v) is 1.87. The zero-order chi connectivity index (χ0) is 9.97. The minimum absolute atomic E-state index is 0.108. The molecule has 4 heteroatoms. The summed E-state index contributed by atoms with van der Waals surface area (Å²) in [6, 6.07) is 5.04. The number of hydrogen-bond donors (Lipinski definition) is 0. The molecule has 0 saturated carbocycles. The van der Waals surface area contributed by atoms with Gasteiger partial charge in [-0.15, -0.1) is 11.3 Å². The first-order valence-corrected chi connectivity index (χ1v) is 4.90. The Morgan fingerprint density at radius 2 is 2.43 bits per heavy atom. The zero-order valence-corrected chi connectivity index (χ0v) is 8.34. The number of carbonyl (C=O) groups excluding carboxylic acids is 1. The number of carbonyl (C=O) groups is 1. The number of hydrogen-bond acceptors (Lipinski definition) is 4. The third-order valence-electron chi connectivity index (χ3n) is 1.78. The maximum Gasteiger partial charge on any atom is 0.238 e.